The summed E-state index contributed by atoms with van der Waals surface area (Å²) in [6, 6.07) is 19.5. The summed E-state index contributed by atoms with van der Waals surface area (Å²) in [5, 5.41) is 16.9. The van der Waals surface area contributed by atoms with Crippen LogP contribution in [0.2, 0.25) is 0 Å². The summed E-state index contributed by atoms with van der Waals surface area (Å²) in [5.74, 6) is 0.222. The van der Waals surface area contributed by atoms with E-state index in [2.05, 4.69) is 122 Å². The molecule has 5 nitrogen and oxygen atoms in total. The van der Waals surface area contributed by atoms with Gasteiger partial charge in [0.1, 0.15) is 5.76 Å². The summed E-state index contributed by atoms with van der Waals surface area (Å²) in [7, 11) is 0. The van der Waals surface area contributed by atoms with Gasteiger partial charge >= 0.3 is 0 Å². The molecule has 77 heavy (non-hydrogen) atoms. The Morgan fingerprint density at radius 3 is 1.52 bits per heavy atom. The predicted octanol–water partition coefficient (Wildman–Crippen LogP) is 19.2. The summed E-state index contributed by atoms with van der Waals surface area (Å²) < 4.78 is 0. The molecule has 4 atom stereocenters. The summed E-state index contributed by atoms with van der Waals surface area (Å²) in [5.41, 5.74) is 29.4. The fourth-order valence-corrected chi connectivity index (χ4v) is 17.0. The average molecular weight is 1020 g/mol. The lowest BCUT2D eigenvalue weighted by Crippen LogP contribution is -2.36. The van der Waals surface area contributed by atoms with Crippen LogP contribution < -0.4 is 5.32 Å². The molecule has 398 valence electrons. The quantitative estimate of drug-likeness (QED) is 0.200. The van der Waals surface area contributed by atoms with Crippen LogP contribution in [0.5, 0.6) is 0 Å². The maximum atomic E-state index is 15.5. The second kappa shape index (κ2) is 18.7. The Morgan fingerprint density at radius 1 is 0.506 bits per heavy atom. The smallest absolute Gasteiger partial charge is 0.201 e. The van der Waals surface area contributed by atoms with Crippen LogP contribution in [0.3, 0.4) is 0 Å². The molecule has 5 heteroatoms. The van der Waals surface area contributed by atoms with Gasteiger partial charge < -0.3 is 10.4 Å². The third-order valence-electron chi connectivity index (χ3n) is 21.5. The van der Waals surface area contributed by atoms with Crippen LogP contribution in [0, 0.1) is 27.7 Å². The highest BCUT2D eigenvalue weighted by molar-refractivity contribution is 6.23. The van der Waals surface area contributed by atoms with Crippen LogP contribution >= 0.6 is 0 Å². The van der Waals surface area contributed by atoms with E-state index < -0.39 is 0 Å². The largest absolute Gasteiger partial charge is 0.506 e. The van der Waals surface area contributed by atoms with E-state index in [1.165, 1.54) is 163 Å². The van der Waals surface area contributed by atoms with Crippen LogP contribution in [0.1, 0.15) is 219 Å². The maximum absolute atomic E-state index is 15.5. The van der Waals surface area contributed by atoms with Crippen molar-refractivity contribution >= 4 is 34.3 Å². The first-order valence-electron chi connectivity index (χ1n) is 30.4. The normalized spacial score (nSPS) is 29.8. The first-order valence-corrected chi connectivity index (χ1v) is 30.4. The molecule has 3 aliphatic heterocycles. The molecule has 3 heterocycles. The Bertz CT molecular complexity index is 3470. The fraction of sp³-hybridized carbons (Fsp3) is 0.486. The van der Waals surface area contributed by atoms with Gasteiger partial charge in [-0.3, -0.25) is 14.8 Å². The number of carbonyl (C=O) groups is 1. The molecule has 0 amide bonds. The summed E-state index contributed by atoms with van der Waals surface area (Å²) in [4.78, 5) is 26.3. The van der Waals surface area contributed by atoms with E-state index in [4.69, 9.17) is 9.98 Å². The Labute approximate surface area is 460 Å². The van der Waals surface area contributed by atoms with Crippen molar-refractivity contribution in [2.75, 3.05) is 5.32 Å². The number of carbonyl (C=O) groups excluding carboxylic acids is 1. The van der Waals surface area contributed by atoms with Crippen molar-refractivity contribution in [1.82, 2.24) is 0 Å². The van der Waals surface area contributed by atoms with Crippen LogP contribution in [0.25, 0.3) is 22.3 Å². The predicted molar refractivity (Wildman–Crippen MR) is 321 cm³/mol. The van der Waals surface area contributed by atoms with E-state index in [9.17, 15) is 5.11 Å². The minimum atomic E-state index is -0.366. The number of hydrogen-bond donors (Lipinski definition) is 2. The van der Waals surface area contributed by atoms with Crippen molar-refractivity contribution in [2.24, 2.45) is 9.98 Å². The number of hydrogen-bond acceptors (Lipinski definition) is 5. The molecule has 4 aromatic rings. The average Bonchev–Trinajstić information content (AvgIpc) is 4.17. The lowest BCUT2D eigenvalue weighted by Gasteiger charge is -2.44. The molecular weight excluding hydrogens is 939 g/mol. The highest BCUT2D eigenvalue weighted by Crippen LogP contribution is 2.58. The van der Waals surface area contributed by atoms with Crippen LogP contribution in [-0.2, 0) is 32.9 Å². The van der Waals surface area contributed by atoms with E-state index in [1.807, 2.05) is 0 Å². The number of aliphatic hydroxyl groups excluding tert-OH is 1. The first-order chi connectivity index (χ1) is 37.1. The zero-order chi connectivity index (χ0) is 53.3. The van der Waals surface area contributed by atoms with Crippen molar-refractivity contribution in [3.05, 3.63) is 156 Å². The van der Waals surface area contributed by atoms with Gasteiger partial charge in [0.25, 0.3) is 0 Å². The number of ketones is 1. The molecule has 0 spiro atoms. The van der Waals surface area contributed by atoms with Crippen LogP contribution in [0.4, 0.5) is 17.1 Å². The van der Waals surface area contributed by atoms with E-state index in [0.717, 1.165) is 113 Å². The lowest BCUT2D eigenvalue weighted by molar-refractivity contribution is -0.113. The number of Topliss-reactive ketones (excluding diaryl/α,β-unsaturated/α-hetero) is 1. The highest BCUT2D eigenvalue weighted by atomic mass is 16.3. The third-order valence-corrected chi connectivity index (χ3v) is 21.5. The number of rotatable bonds is 4. The molecule has 0 bridgehead atoms. The topological polar surface area (TPSA) is 74.0 Å². The Kier molecular flexibility index (Phi) is 12.3. The van der Waals surface area contributed by atoms with Crippen molar-refractivity contribution in [3.63, 3.8) is 0 Å². The molecule has 13 rings (SSSR count). The first kappa shape index (κ1) is 50.7. The molecule has 3 fully saturated rings. The lowest BCUT2D eigenvalue weighted by atomic mass is 9.59. The molecule has 0 radical (unpaired) electrons. The van der Waals surface area contributed by atoms with Gasteiger partial charge in [0.05, 0.1) is 22.5 Å². The molecule has 2 N–H and O–H groups in total. The molecule has 4 unspecified atom stereocenters. The standard InChI is InChI=1S/C72H83N3O2/c1-10-46-37-53-42(2)33-47(48-34-43(3)63-55(39-48)69(6)29-21-13-11-19-27-58(69)73-63)38-54(53)71(8)31-23-15-17-25-51(62(46)71)60-66(76)61(67(60)77)52-26-18-16-24-32-72(9)57-41-50(36-45(5)65(57)75-68(52)72)49-35-44(4)64-56(40-49)70(7)30-22-14-12-20-28-59(70)74-64/h10,33-36,38-41,75-76H,1,11-32,37H2,2-9H3/b60-51-,68-52-. The van der Waals surface area contributed by atoms with Gasteiger partial charge in [-0.2, -0.15) is 0 Å². The molecule has 9 aliphatic rings. The Balaban J connectivity index is 0.891. The van der Waals surface area contributed by atoms with Gasteiger partial charge in [0.2, 0.25) is 5.78 Å². The Morgan fingerprint density at radius 2 is 0.961 bits per heavy atom. The van der Waals surface area contributed by atoms with Crippen molar-refractivity contribution in [3.8, 4) is 22.3 Å². The minimum absolute atomic E-state index is 0.00265. The second-order valence-corrected chi connectivity index (χ2v) is 26.5. The molecule has 0 aromatic heterocycles. The number of nitrogens with zero attached hydrogens (tertiary/aromatic N) is 2. The molecule has 0 saturated heterocycles. The maximum Gasteiger partial charge on any atom is 0.201 e. The molecular formula is C72H83N3O2. The van der Waals surface area contributed by atoms with Crippen LogP contribution in [0.15, 0.2) is 116 Å². The van der Waals surface area contributed by atoms with Gasteiger partial charge in [-0.25, -0.2) is 0 Å². The number of aryl methyl sites for hydroxylation is 4. The highest BCUT2D eigenvalue weighted by Gasteiger charge is 2.50. The monoisotopic (exact) mass is 1020 g/mol. The zero-order valence-electron chi connectivity index (χ0n) is 47.9. The van der Waals surface area contributed by atoms with E-state index in [1.54, 1.807) is 0 Å². The summed E-state index contributed by atoms with van der Waals surface area (Å²) in [6.07, 6.45) is 27.4. The van der Waals surface area contributed by atoms with Gasteiger partial charge in [-0.15, -0.1) is 0 Å². The molecule has 6 aliphatic carbocycles. The zero-order valence-corrected chi connectivity index (χ0v) is 47.9. The van der Waals surface area contributed by atoms with E-state index in [-0.39, 0.29) is 33.2 Å². The number of aliphatic hydroxyl groups is 1. The fourth-order valence-electron chi connectivity index (χ4n) is 17.0. The van der Waals surface area contributed by atoms with E-state index in [0.29, 0.717) is 11.1 Å². The van der Waals surface area contributed by atoms with Gasteiger partial charge in [-0.05, 0) is 255 Å². The van der Waals surface area contributed by atoms with Gasteiger partial charge in [-0.1, -0.05) is 104 Å². The minimum Gasteiger partial charge on any atom is -0.506 e. The SMILES string of the molecule is C=CC1=C2/C(=C3\C(=O)C(C4=C5\Nc6c(C)cc(-c7cc(C)c8c(c7)C7(C)CCCCCCC7=N8)cc6C5(C)CCCCC\4)=C3O)CCCCCC2(C)c2cc(-c3cc(C)c4c(c3)C3(C)CCCCCCC3=N4)cc(C)c2C1. The number of anilines is 1. The number of nitrogens with one attached hydrogen (secondary N) is 1. The third kappa shape index (κ3) is 7.68. The van der Waals surface area contributed by atoms with Gasteiger partial charge in [0, 0.05) is 44.5 Å². The Hall–Kier alpha value is -5.81. The summed E-state index contributed by atoms with van der Waals surface area (Å²) >= 11 is 0. The van der Waals surface area contributed by atoms with Crippen molar-refractivity contribution in [1.29, 1.82) is 0 Å². The summed E-state index contributed by atoms with van der Waals surface area (Å²) in [6.45, 7) is 23.3. The van der Waals surface area contributed by atoms with Crippen LogP contribution in [-0.4, -0.2) is 22.3 Å². The number of aliphatic imine (C=N–C) groups is 2. The number of fused-ring (bicyclic) bond motifs is 12. The number of allylic oxidation sites excluding steroid dienone is 8. The van der Waals surface area contributed by atoms with Crippen molar-refractivity contribution in [2.45, 2.75) is 225 Å². The van der Waals surface area contributed by atoms with Crippen molar-refractivity contribution < 1.29 is 9.90 Å². The number of benzene rings is 4. The molecule has 3 saturated carbocycles. The van der Waals surface area contributed by atoms with Gasteiger partial charge in [0.15, 0.2) is 0 Å². The van der Waals surface area contributed by atoms with E-state index >= 15 is 4.79 Å². The second-order valence-electron chi connectivity index (χ2n) is 26.5. The molecule has 4 aromatic carbocycles.